The van der Waals surface area contributed by atoms with Crippen LogP contribution >= 0.6 is 0 Å². The highest BCUT2D eigenvalue weighted by atomic mass is 16.6. The first-order valence-electron chi connectivity index (χ1n) is 5.24. The van der Waals surface area contributed by atoms with Crippen LogP contribution in [-0.2, 0) is 0 Å². The van der Waals surface area contributed by atoms with E-state index in [1.165, 1.54) is 25.3 Å². The normalized spacial score (nSPS) is 11.7. The molecule has 0 aliphatic heterocycles. The van der Waals surface area contributed by atoms with Crippen molar-refractivity contribution in [3.8, 4) is 5.75 Å². The molecule has 0 saturated carbocycles. The van der Waals surface area contributed by atoms with E-state index in [-0.39, 0.29) is 23.6 Å². The number of benzene rings is 1. The number of nitro groups is 1. The van der Waals surface area contributed by atoms with Crippen molar-refractivity contribution in [3.63, 3.8) is 0 Å². The Kier molecular flexibility index (Phi) is 4.61. The van der Waals surface area contributed by atoms with Gasteiger partial charge in [-0.15, -0.1) is 0 Å². The van der Waals surface area contributed by atoms with E-state index in [9.17, 15) is 14.9 Å². The van der Waals surface area contributed by atoms with Gasteiger partial charge in [0, 0.05) is 12.1 Å². The van der Waals surface area contributed by atoms with Gasteiger partial charge in [-0.2, -0.15) is 0 Å². The molecule has 0 bridgehead atoms. The summed E-state index contributed by atoms with van der Waals surface area (Å²) >= 11 is 0. The molecular weight excluding hydrogens is 240 g/mol. The minimum Gasteiger partial charge on any atom is -0.496 e. The average molecular weight is 254 g/mol. The number of aliphatic hydroxyl groups is 1. The van der Waals surface area contributed by atoms with Crippen LogP contribution in [0, 0.1) is 10.1 Å². The number of carbonyl (C=O) groups excluding carboxylic acids is 1. The predicted molar refractivity (Wildman–Crippen MR) is 63.7 cm³/mol. The van der Waals surface area contributed by atoms with E-state index in [1.54, 1.807) is 6.92 Å². The molecule has 7 nitrogen and oxygen atoms in total. The van der Waals surface area contributed by atoms with Gasteiger partial charge in [0.15, 0.2) is 5.56 Å². The number of hydrogen-bond acceptors (Lipinski definition) is 5. The molecule has 0 fully saturated rings. The molecular formula is C11H14N2O5. The van der Waals surface area contributed by atoms with Crippen LogP contribution in [0.25, 0.3) is 0 Å². The number of nitro benzene ring substituents is 1. The van der Waals surface area contributed by atoms with Gasteiger partial charge < -0.3 is 15.2 Å². The lowest BCUT2D eigenvalue weighted by Crippen LogP contribution is -2.35. The van der Waals surface area contributed by atoms with Crippen LogP contribution in [0.5, 0.6) is 5.75 Å². The number of ether oxygens (including phenoxy) is 1. The molecule has 0 aromatic heterocycles. The van der Waals surface area contributed by atoms with Crippen molar-refractivity contribution in [2.45, 2.75) is 13.0 Å². The van der Waals surface area contributed by atoms with Crippen molar-refractivity contribution in [3.05, 3.63) is 33.9 Å². The van der Waals surface area contributed by atoms with Crippen molar-refractivity contribution in [2.75, 3.05) is 13.7 Å². The number of nitrogens with zero attached hydrogens (tertiary/aromatic N) is 1. The molecule has 18 heavy (non-hydrogen) atoms. The summed E-state index contributed by atoms with van der Waals surface area (Å²) < 4.78 is 4.94. The van der Waals surface area contributed by atoms with Gasteiger partial charge in [-0.25, -0.2) is 0 Å². The van der Waals surface area contributed by atoms with Gasteiger partial charge in [0.2, 0.25) is 0 Å². The number of amides is 1. The summed E-state index contributed by atoms with van der Waals surface area (Å²) in [5, 5.41) is 22.2. The molecule has 1 rings (SSSR count). The van der Waals surface area contributed by atoms with Crippen LogP contribution in [0.15, 0.2) is 18.2 Å². The van der Waals surface area contributed by atoms with Gasteiger partial charge >= 0.3 is 0 Å². The van der Waals surface area contributed by atoms with Crippen molar-refractivity contribution in [1.29, 1.82) is 0 Å². The highest BCUT2D eigenvalue weighted by molar-refractivity contribution is 6.01. The van der Waals surface area contributed by atoms with Crippen LogP contribution in [0.2, 0.25) is 0 Å². The zero-order chi connectivity index (χ0) is 13.7. The van der Waals surface area contributed by atoms with Crippen LogP contribution in [0.4, 0.5) is 5.69 Å². The largest absolute Gasteiger partial charge is 0.496 e. The third-order valence-electron chi connectivity index (χ3n) is 2.30. The quantitative estimate of drug-likeness (QED) is 0.595. The summed E-state index contributed by atoms with van der Waals surface area (Å²) in [5.74, 6) is -0.535. The van der Waals surface area contributed by atoms with E-state index < -0.39 is 16.9 Å². The lowest BCUT2D eigenvalue weighted by Gasteiger charge is -2.13. The maximum absolute atomic E-state index is 11.9. The minimum atomic E-state index is -0.652. The van der Waals surface area contributed by atoms with Crippen LogP contribution in [-0.4, -0.2) is 35.7 Å². The standard InChI is InChI=1S/C11H14N2O5/c1-7(6-14)12-11(15)10-8(13(16)17)4-3-5-9(10)18-2/h3-5,7,14H,6H2,1-2H3,(H,12,15). The molecule has 1 atom stereocenters. The van der Waals surface area contributed by atoms with Crippen LogP contribution < -0.4 is 10.1 Å². The topological polar surface area (TPSA) is 102 Å². The molecule has 0 aliphatic carbocycles. The van der Waals surface area contributed by atoms with Gasteiger partial charge in [-0.1, -0.05) is 6.07 Å². The van der Waals surface area contributed by atoms with E-state index in [0.717, 1.165) is 0 Å². The number of carbonyl (C=O) groups is 1. The summed E-state index contributed by atoms with van der Waals surface area (Å²) in [7, 11) is 1.32. The molecule has 0 aliphatic rings. The lowest BCUT2D eigenvalue weighted by atomic mass is 10.1. The van der Waals surface area contributed by atoms with E-state index in [4.69, 9.17) is 9.84 Å². The fraction of sp³-hybridized carbons (Fsp3) is 0.364. The number of aliphatic hydroxyl groups excluding tert-OH is 1. The average Bonchev–Trinajstić information content (AvgIpc) is 2.37. The highest BCUT2D eigenvalue weighted by Gasteiger charge is 2.25. The monoisotopic (exact) mass is 254 g/mol. The Morgan fingerprint density at radius 3 is 2.78 bits per heavy atom. The van der Waals surface area contributed by atoms with Gasteiger partial charge in [-0.05, 0) is 13.0 Å². The van der Waals surface area contributed by atoms with E-state index in [1.807, 2.05) is 0 Å². The van der Waals surface area contributed by atoms with Gasteiger partial charge in [0.25, 0.3) is 11.6 Å². The van der Waals surface area contributed by atoms with Crippen molar-refractivity contribution in [1.82, 2.24) is 5.32 Å². The number of methoxy groups -OCH3 is 1. The Morgan fingerprint density at radius 1 is 1.61 bits per heavy atom. The Balaban J connectivity index is 3.19. The summed E-state index contributed by atoms with van der Waals surface area (Å²) in [6.07, 6.45) is 0. The molecule has 0 heterocycles. The molecule has 1 amide bonds. The van der Waals surface area contributed by atoms with Crippen molar-refractivity contribution >= 4 is 11.6 Å². The van der Waals surface area contributed by atoms with Crippen molar-refractivity contribution in [2.24, 2.45) is 0 Å². The number of hydrogen-bond donors (Lipinski definition) is 2. The molecule has 7 heteroatoms. The fourth-order valence-corrected chi connectivity index (χ4v) is 1.41. The summed E-state index contributed by atoms with van der Waals surface area (Å²) in [4.78, 5) is 22.1. The van der Waals surface area contributed by atoms with E-state index >= 15 is 0 Å². The van der Waals surface area contributed by atoms with Crippen molar-refractivity contribution < 1.29 is 19.6 Å². The zero-order valence-electron chi connectivity index (χ0n) is 10.0. The molecule has 1 unspecified atom stereocenters. The first-order valence-corrected chi connectivity index (χ1v) is 5.24. The maximum atomic E-state index is 11.9. The first kappa shape index (κ1) is 13.9. The molecule has 0 saturated heterocycles. The number of rotatable bonds is 5. The van der Waals surface area contributed by atoms with Crippen LogP contribution in [0.1, 0.15) is 17.3 Å². The highest BCUT2D eigenvalue weighted by Crippen LogP contribution is 2.27. The second kappa shape index (κ2) is 5.97. The summed E-state index contributed by atoms with van der Waals surface area (Å²) in [6, 6.07) is 3.62. The Bertz CT molecular complexity index is 461. The Labute approximate surface area is 104 Å². The molecule has 0 radical (unpaired) electrons. The van der Waals surface area contributed by atoms with E-state index in [2.05, 4.69) is 5.32 Å². The van der Waals surface area contributed by atoms with Gasteiger partial charge in [-0.3, -0.25) is 14.9 Å². The van der Waals surface area contributed by atoms with E-state index in [0.29, 0.717) is 0 Å². The SMILES string of the molecule is COc1cccc([N+](=O)[O-])c1C(=O)NC(C)CO. The lowest BCUT2D eigenvalue weighted by molar-refractivity contribution is -0.385. The fourth-order valence-electron chi connectivity index (χ4n) is 1.41. The molecule has 1 aromatic carbocycles. The second-order valence-electron chi connectivity index (χ2n) is 3.67. The summed E-state index contributed by atoms with van der Waals surface area (Å²) in [6.45, 7) is 1.33. The molecule has 98 valence electrons. The molecule has 1 aromatic rings. The molecule has 0 spiro atoms. The third-order valence-corrected chi connectivity index (χ3v) is 2.30. The first-order chi connectivity index (χ1) is 8.51. The predicted octanol–water partition coefficient (Wildman–Crippen LogP) is 0.714. The molecule has 2 N–H and O–H groups in total. The Hall–Kier alpha value is -2.15. The third kappa shape index (κ3) is 2.95. The minimum absolute atomic E-state index is 0.117. The van der Waals surface area contributed by atoms with Crippen LogP contribution in [0.3, 0.4) is 0 Å². The number of nitrogens with one attached hydrogen (secondary N) is 1. The van der Waals surface area contributed by atoms with Gasteiger partial charge in [0.05, 0.1) is 18.6 Å². The second-order valence-corrected chi connectivity index (χ2v) is 3.67. The Morgan fingerprint density at radius 2 is 2.28 bits per heavy atom. The smallest absolute Gasteiger partial charge is 0.285 e. The zero-order valence-corrected chi connectivity index (χ0v) is 10.0. The maximum Gasteiger partial charge on any atom is 0.285 e. The summed E-state index contributed by atoms with van der Waals surface area (Å²) in [5.41, 5.74) is -0.484. The van der Waals surface area contributed by atoms with Gasteiger partial charge in [0.1, 0.15) is 5.75 Å².